The topological polar surface area (TPSA) is 78.9 Å². The number of rotatable bonds is 48. The Hall–Kier alpha value is -2.37. The lowest BCUT2D eigenvalue weighted by atomic mass is 10.1. The molecule has 0 aromatic carbocycles. The Kier molecular flexibility index (Phi) is 48.3. The minimum atomic E-state index is -0.776. The maximum atomic E-state index is 12.8. The van der Waals surface area contributed by atoms with E-state index in [1.54, 1.807) is 0 Å². The molecular weight excluding hydrogens is 757 g/mol. The lowest BCUT2D eigenvalue weighted by Gasteiger charge is -2.18. The van der Waals surface area contributed by atoms with Crippen molar-refractivity contribution >= 4 is 17.9 Å². The van der Waals surface area contributed by atoms with Crippen molar-refractivity contribution in [3.8, 4) is 0 Å². The number of carbonyl (C=O) groups excluding carboxylic acids is 3. The van der Waals surface area contributed by atoms with Crippen LogP contribution in [0.3, 0.4) is 0 Å². The van der Waals surface area contributed by atoms with Crippen molar-refractivity contribution in [2.75, 3.05) is 13.2 Å². The fraction of sp³-hybridized carbons (Fsp3) is 0.836. The van der Waals surface area contributed by atoms with Gasteiger partial charge in [-0.1, -0.05) is 205 Å². The molecule has 0 rings (SSSR count). The van der Waals surface area contributed by atoms with Crippen LogP contribution in [0.25, 0.3) is 0 Å². The largest absolute Gasteiger partial charge is 0.462 e. The van der Waals surface area contributed by atoms with Crippen LogP contribution in [0.5, 0.6) is 0 Å². The van der Waals surface area contributed by atoms with Gasteiger partial charge in [-0.2, -0.15) is 0 Å². The van der Waals surface area contributed by atoms with E-state index in [1.165, 1.54) is 173 Å². The summed E-state index contributed by atoms with van der Waals surface area (Å²) in [5, 5.41) is 0. The van der Waals surface area contributed by atoms with E-state index in [0.29, 0.717) is 19.3 Å². The van der Waals surface area contributed by atoms with Gasteiger partial charge >= 0.3 is 17.9 Å². The molecule has 0 aliphatic heterocycles. The summed E-state index contributed by atoms with van der Waals surface area (Å²) in [6, 6.07) is 0. The average Bonchev–Trinajstić information content (AvgIpc) is 3.26. The van der Waals surface area contributed by atoms with Gasteiger partial charge in [0.1, 0.15) is 13.2 Å². The van der Waals surface area contributed by atoms with Crippen LogP contribution in [0.1, 0.15) is 278 Å². The molecule has 0 aromatic rings. The van der Waals surface area contributed by atoms with E-state index in [9.17, 15) is 14.4 Å². The smallest absolute Gasteiger partial charge is 0.306 e. The van der Waals surface area contributed by atoms with Crippen LogP contribution in [-0.4, -0.2) is 37.2 Å². The summed E-state index contributed by atoms with van der Waals surface area (Å²) < 4.78 is 16.8. The van der Waals surface area contributed by atoms with Crippen LogP contribution >= 0.6 is 0 Å². The third kappa shape index (κ3) is 48.5. The van der Waals surface area contributed by atoms with E-state index >= 15 is 0 Å². The summed E-state index contributed by atoms with van der Waals surface area (Å²) in [5.74, 6) is -0.886. The number of hydrogen-bond donors (Lipinski definition) is 0. The summed E-state index contributed by atoms with van der Waals surface area (Å²) in [6.45, 7) is 6.59. The summed E-state index contributed by atoms with van der Waals surface area (Å²) in [6.07, 6.45) is 58.4. The summed E-state index contributed by atoms with van der Waals surface area (Å²) in [7, 11) is 0. The highest BCUT2D eigenvalue weighted by Crippen LogP contribution is 2.15. The quantitative estimate of drug-likeness (QED) is 0.0262. The van der Waals surface area contributed by atoms with Crippen LogP contribution in [0.15, 0.2) is 36.5 Å². The first-order valence-corrected chi connectivity index (χ1v) is 26.5. The van der Waals surface area contributed by atoms with Crippen molar-refractivity contribution in [3.05, 3.63) is 36.5 Å². The molecule has 0 heterocycles. The molecule has 6 heteroatoms. The molecule has 6 nitrogen and oxygen atoms in total. The van der Waals surface area contributed by atoms with Crippen LogP contribution in [-0.2, 0) is 28.6 Å². The number of ether oxygens (including phenoxy) is 3. The predicted molar refractivity (Wildman–Crippen MR) is 261 cm³/mol. The van der Waals surface area contributed by atoms with Crippen LogP contribution in [0, 0.1) is 0 Å². The molecule has 0 unspecified atom stereocenters. The van der Waals surface area contributed by atoms with Gasteiger partial charge in [-0.15, -0.1) is 0 Å². The van der Waals surface area contributed by atoms with Gasteiger partial charge in [0, 0.05) is 19.3 Å². The lowest BCUT2D eigenvalue weighted by Crippen LogP contribution is -2.30. The van der Waals surface area contributed by atoms with Crippen molar-refractivity contribution < 1.29 is 28.6 Å². The molecule has 356 valence electrons. The van der Waals surface area contributed by atoms with Gasteiger partial charge in [-0.3, -0.25) is 14.4 Å². The van der Waals surface area contributed by atoms with E-state index in [4.69, 9.17) is 14.2 Å². The van der Waals surface area contributed by atoms with Crippen LogP contribution < -0.4 is 0 Å². The zero-order chi connectivity index (χ0) is 44.4. The average molecular weight is 857 g/mol. The molecular formula is C55H100O6. The predicted octanol–water partition coefficient (Wildman–Crippen LogP) is 17.3. The van der Waals surface area contributed by atoms with E-state index in [-0.39, 0.29) is 31.1 Å². The lowest BCUT2D eigenvalue weighted by molar-refractivity contribution is -0.167. The van der Waals surface area contributed by atoms with Gasteiger partial charge in [0.2, 0.25) is 0 Å². The molecule has 0 spiro atoms. The van der Waals surface area contributed by atoms with Gasteiger partial charge in [-0.05, 0) is 89.9 Å². The Labute approximate surface area is 378 Å². The first kappa shape index (κ1) is 58.6. The van der Waals surface area contributed by atoms with Gasteiger partial charge in [0.25, 0.3) is 0 Å². The first-order chi connectivity index (χ1) is 30.0. The number of carbonyl (C=O) groups is 3. The van der Waals surface area contributed by atoms with Crippen molar-refractivity contribution in [1.82, 2.24) is 0 Å². The second-order valence-corrected chi connectivity index (χ2v) is 17.8. The van der Waals surface area contributed by atoms with Gasteiger partial charge in [0.15, 0.2) is 6.10 Å². The van der Waals surface area contributed by atoms with Crippen molar-refractivity contribution in [2.45, 2.75) is 284 Å². The summed E-state index contributed by atoms with van der Waals surface area (Å²) in [4.78, 5) is 38.0. The van der Waals surface area contributed by atoms with Gasteiger partial charge in [-0.25, -0.2) is 0 Å². The normalized spacial score (nSPS) is 12.2. The SMILES string of the molecule is CCCC/C=C\CCCCCCCC(=O)OC[C@@H](COC(=O)CCCCCCCCC/C=C\CCCCCCCC)OC(=O)CCCCCCCCC/C=C\CCCCCC. The first-order valence-electron chi connectivity index (χ1n) is 26.5. The maximum absolute atomic E-state index is 12.8. The number of allylic oxidation sites excluding steroid dienone is 6. The Balaban J connectivity index is 4.34. The standard InChI is InChI=1S/C55H100O6/c1-4-7-10-13-16-19-22-24-26-27-29-30-33-36-39-42-45-48-54(57)60-51-52(50-59-53(56)47-44-41-38-35-32-21-18-15-12-9-6-3)61-55(58)49-46-43-40-37-34-31-28-25-23-20-17-14-11-8-5-2/h15,18,20,23-24,26,52H,4-14,16-17,19,21-22,25,27-51H2,1-3H3/b18-15-,23-20-,26-24-/t52-/m0/s1. The van der Waals surface area contributed by atoms with E-state index in [1.807, 2.05) is 0 Å². The second-order valence-electron chi connectivity index (χ2n) is 17.8. The number of unbranched alkanes of at least 4 members (excludes halogenated alkanes) is 31. The molecule has 0 amide bonds. The Bertz CT molecular complexity index is 1030. The summed E-state index contributed by atoms with van der Waals surface area (Å²) in [5.41, 5.74) is 0. The van der Waals surface area contributed by atoms with Gasteiger partial charge in [0.05, 0.1) is 0 Å². The van der Waals surface area contributed by atoms with E-state index < -0.39 is 6.10 Å². The minimum absolute atomic E-state index is 0.0772. The maximum Gasteiger partial charge on any atom is 0.306 e. The number of hydrogen-bond acceptors (Lipinski definition) is 6. The Morgan fingerprint density at radius 2 is 0.557 bits per heavy atom. The molecule has 0 N–H and O–H groups in total. The van der Waals surface area contributed by atoms with Crippen molar-refractivity contribution in [3.63, 3.8) is 0 Å². The molecule has 0 aliphatic carbocycles. The highest BCUT2D eigenvalue weighted by Gasteiger charge is 2.19. The van der Waals surface area contributed by atoms with Gasteiger partial charge < -0.3 is 14.2 Å². The second kappa shape index (κ2) is 50.3. The van der Waals surface area contributed by atoms with E-state index in [0.717, 1.165) is 64.2 Å². The molecule has 0 fully saturated rings. The molecule has 0 bridgehead atoms. The molecule has 0 saturated carbocycles. The van der Waals surface area contributed by atoms with Crippen molar-refractivity contribution in [1.29, 1.82) is 0 Å². The van der Waals surface area contributed by atoms with Crippen molar-refractivity contribution in [2.24, 2.45) is 0 Å². The highest BCUT2D eigenvalue weighted by atomic mass is 16.6. The van der Waals surface area contributed by atoms with Crippen LogP contribution in [0.2, 0.25) is 0 Å². The fourth-order valence-corrected chi connectivity index (χ4v) is 7.53. The Morgan fingerprint density at radius 3 is 0.885 bits per heavy atom. The van der Waals surface area contributed by atoms with E-state index in [2.05, 4.69) is 57.2 Å². The molecule has 61 heavy (non-hydrogen) atoms. The number of esters is 3. The summed E-state index contributed by atoms with van der Waals surface area (Å²) >= 11 is 0. The third-order valence-electron chi connectivity index (χ3n) is 11.6. The Morgan fingerprint density at radius 1 is 0.311 bits per heavy atom. The third-order valence-corrected chi connectivity index (χ3v) is 11.6. The highest BCUT2D eigenvalue weighted by molar-refractivity contribution is 5.71. The molecule has 0 saturated heterocycles. The van der Waals surface area contributed by atoms with Crippen LogP contribution in [0.4, 0.5) is 0 Å². The molecule has 0 aromatic heterocycles. The monoisotopic (exact) mass is 857 g/mol. The zero-order valence-corrected chi connectivity index (χ0v) is 40.7. The molecule has 0 aliphatic rings. The fourth-order valence-electron chi connectivity index (χ4n) is 7.53. The molecule has 1 atom stereocenters. The minimum Gasteiger partial charge on any atom is -0.462 e. The zero-order valence-electron chi connectivity index (χ0n) is 40.7. The molecule has 0 radical (unpaired) electrons.